The highest BCUT2D eigenvalue weighted by Gasteiger charge is 2.24. The quantitative estimate of drug-likeness (QED) is 0.357. The molecule has 1 heterocycles. The molecule has 1 N–H and O–H groups in total. The molecule has 1 atom stereocenters. The maximum absolute atomic E-state index is 5.75. The lowest BCUT2D eigenvalue weighted by atomic mass is 10.1. The minimum absolute atomic E-state index is 0.529. The Hall–Kier alpha value is -1.79. The molecule has 0 aromatic heterocycles. The molecule has 1 aliphatic heterocycles. The number of nitrogens with one attached hydrogen (secondary N) is 1. The van der Waals surface area contributed by atoms with Gasteiger partial charge in [-0.25, -0.2) is 4.99 Å². The zero-order valence-electron chi connectivity index (χ0n) is 17.9. The van der Waals surface area contributed by atoms with Crippen LogP contribution in [0.25, 0.3) is 0 Å². The van der Waals surface area contributed by atoms with E-state index in [4.69, 9.17) is 19.2 Å². The predicted octanol–water partition coefficient (Wildman–Crippen LogP) is 3.17. The number of rotatable bonds is 11. The molecule has 0 amide bonds. The van der Waals surface area contributed by atoms with E-state index in [2.05, 4.69) is 43.1 Å². The zero-order valence-corrected chi connectivity index (χ0v) is 17.9. The smallest absolute Gasteiger partial charge is 0.194 e. The second kappa shape index (κ2) is 12.6. The van der Waals surface area contributed by atoms with Crippen LogP contribution < -0.4 is 10.1 Å². The normalized spacial score (nSPS) is 17.4. The van der Waals surface area contributed by atoms with Crippen molar-refractivity contribution in [1.29, 1.82) is 0 Å². The maximum atomic E-state index is 5.75. The lowest BCUT2D eigenvalue weighted by Gasteiger charge is -2.21. The minimum atomic E-state index is 0.529. The molecule has 158 valence electrons. The first-order valence-electron chi connectivity index (χ1n) is 10.4. The first-order chi connectivity index (χ1) is 13.6. The third kappa shape index (κ3) is 8.07. The Morgan fingerprint density at radius 3 is 2.71 bits per heavy atom. The summed E-state index contributed by atoms with van der Waals surface area (Å²) in [5.41, 5.74) is 1.19. The molecular weight excluding hydrogens is 354 g/mol. The first-order valence-corrected chi connectivity index (χ1v) is 10.4. The average molecular weight is 392 g/mol. The molecule has 1 unspecified atom stereocenters. The number of ether oxygens (including phenoxy) is 3. The van der Waals surface area contributed by atoms with Gasteiger partial charge in [0.25, 0.3) is 0 Å². The molecule has 1 aromatic carbocycles. The number of likely N-dealkylation sites (tertiary alicyclic amines) is 1. The second-order valence-electron chi connectivity index (χ2n) is 7.69. The number of hydrogen-bond acceptors (Lipinski definition) is 4. The molecule has 28 heavy (non-hydrogen) atoms. The highest BCUT2D eigenvalue weighted by Crippen LogP contribution is 2.18. The van der Waals surface area contributed by atoms with Gasteiger partial charge in [0.2, 0.25) is 0 Å². The first kappa shape index (κ1) is 22.5. The van der Waals surface area contributed by atoms with Crippen molar-refractivity contribution < 1.29 is 14.2 Å². The summed E-state index contributed by atoms with van der Waals surface area (Å²) in [6.45, 7) is 12.8. The summed E-state index contributed by atoms with van der Waals surface area (Å²) in [7, 11) is 1.70. The predicted molar refractivity (Wildman–Crippen MR) is 114 cm³/mol. The number of guanidine groups is 1. The third-order valence-electron chi connectivity index (χ3n) is 4.62. The molecule has 1 aromatic rings. The van der Waals surface area contributed by atoms with Gasteiger partial charge in [0.1, 0.15) is 5.75 Å². The molecule has 0 spiro atoms. The second-order valence-corrected chi connectivity index (χ2v) is 7.69. The van der Waals surface area contributed by atoms with Gasteiger partial charge in [-0.1, -0.05) is 26.0 Å². The van der Waals surface area contributed by atoms with Gasteiger partial charge in [-0.15, -0.1) is 0 Å². The van der Waals surface area contributed by atoms with Crippen LogP contribution in [-0.2, 0) is 16.0 Å². The molecule has 1 aliphatic rings. The maximum Gasteiger partial charge on any atom is 0.194 e. The number of benzene rings is 1. The molecular formula is C22H37N3O3. The van der Waals surface area contributed by atoms with Gasteiger partial charge >= 0.3 is 0 Å². The fourth-order valence-electron chi connectivity index (χ4n) is 3.10. The van der Waals surface area contributed by atoms with E-state index in [9.17, 15) is 0 Å². The summed E-state index contributed by atoms with van der Waals surface area (Å²) in [4.78, 5) is 7.18. The lowest BCUT2D eigenvalue weighted by Crippen LogP contribution is -2.40. The van der Waals surface area contributed by atoms with Crippen molar-refractivity contribution in [2.75, 3.05) is 53.2 Å². The number of nitrogens with zero attached hydrogens (tertiary/aromatic N) is 2. The van der Waals surface area contributed by atoms with Gasteiger partial charge in [-0.2, -0.15) is 0 Å². The van der Waals surface area contributed by atoms with Crippen molar-refractivity contribution in [3.8, 4) is 5.75 Å². The van der Waals surface area contributed by atoms with Crippen molar-refractivity contribution >= 4 is 5.96 Å². The van der Waals surface area contributed by atoms with Crippen LogP contribution in [0.5, 0.6) is 5.75 Å². The molecule has 0 radical (unpaired) electrons. The molecule has 1 fully saturated rings. The summed E-state index contributed by atoms with van der Waals surface area (Å²) in [5.74, 6) is 2.99. The zero-order chi connectivity index (χ0) is 20.2. The van der Waals surface area contributed by atoms with Crippen LogP contribution in [0, 0.1) is 11.8 Å². The molecule has 6 nitrogen and oxygen atoms in total. The van der Waals surface area contributed by atoms with Gasteiger partial charge in [-0.05, 0) is 37.0 Å². The number of methoxy groups -OCH3 is 1. The highest BCUT2D eigenvalue weighted by atomic mass is 16.5. The number of aliphatic imine (C=N–C) groups is 1. The fourth-order valence-corrected chi connectivity index (χ4v) is 3.10. The third-order valence-corrected chi connectivity index (χ3v) is 4.62. The Labute approximate surface area is 170 Å². The summed E-state index contributed by atoms with van der Waals surface area (Å²) in [5, 5.41) is 3.43. The van der Waals surface area contributed by atoms with Gasteiger partial charge in [0, 0.05) is 32.7 Å². The standard InChI is InChI=1S/C22H37N3O3/c1-5-23-22(25-11-10-20(15-25)17-27-13-12-26-4)24-14-19-6-8-21(9-7-19)28-16-18(2)3/h6-9,18,20H,5,10-17H2,1-4H3,(H,23,24). The Morgan fingerprint density at radius 1 is 1.25 bits per heavy atom. The topological polar surface area (TPSA) is 55.3 Å². The molecule has 0 aliphatic carbocycles. The summed E-state index contributed by atoms with van der Waals surface area (Å²) < 4.78 is 16.5. The lowest BCUT2D eigenvalue weighted by molar-refractivity contribution is 0.0536. The Morgan fingerprint density at radius 2 is 2.04 bits per heavy atom. The van der Waals surface area contributed by atoms with E-state index in [1.807, 2.05) is 12.1 Å². The molecule has 2 rings (SSSR count). The van der Waals surface area contributed by atoms with E-state index in [1.165, 1.54) is 5.56 Å². The average Bonchev–Trinajstić information content (AvgIpc) is 3.16. The highest BCUT2D eigenvalue weighted by molar-refractivity contribution is 5.80. The molecule has 1 saturated heterocycles. The summed E-state index contributed by atoms with van der Waals surface area (Å²) in [6, 6.07) is 8.26. The van der Waals surface area contributed by atoms with Crippen LogP contribution in [0.4, 0.5) is 0 Å². The molecule has 6 heteroatoms. The SMILES string of the molecule is CCNC(=NCc1ccc(OCC(C)C)cc1)N1CCC(COCCOC)C1. The van der Waals surface area contributed by atoms with Crippen LogP contribution in [0.1, 0.15) is 32.8 Å². The van der Waals surface area contributed by atoms with Gasteiger partial charge < -0.3 is 24.4 Å². The van der Waals surface area contributed by atoms with E-state index in [-0.39, 0.29) is 0 Å². The largest absolute Gasteiger partial charge is 0.493 e. The Kier molecular flexibility index (Phi) is 10.1. The van der Waals surface area contributed by atoms with Crippen LogP contribution in [0.15, 0.2) is 29.3 Å². The fraction of sp³-hybridized carbons (Fsp3) is 0.682. The van der Waals surface area contributed by atoms with Crippen molar-refractivity contribution in [3.05, 3.63) is 29.8 Å². The van der Waals surface area contributed by atoms with Crippen molar-refractivity contribution in [2.45, 2.75) is 33.7 Å². The van der Waals surface area contributed by atoms with Crippen molar-refractivity contribution in [1.82, 2.24) is 10.2 Å². The summed E-state index contributed by atoms with van der Waals surface area (Å²) in [6.07, 6.45) is 1.14. The van der Waals surface area contributed by atoms with Gasteiger partial charge in [-0.3, -0.25) is 0 Å². The van der Waals surface area contributed by atoms with E-state index in [0.29, 0.717) is 31.6 Å². The van der Waals surface area contributed by atoms with E-state index in [1.54, 1.807) is 7.11 Å². The number of hydrogen-bond donors (Lipinski definition) is 1. The molecule has 0 saturated carbocycles. The van der Waals surface area contributed by atoms with Crippen LogP contribution in [0.3, 0.4) is 0 Å². The Balaban J connectivity index is 1.84. The van der Waals surface area contributed by atoms with E-state index < -0.39 is 0 Å². The molecule has 0 bridgehead atoms. The van der Waals surface area contributed by atoms with Gasteiger partial charge in [0.05, 0.1) is 33.0 Å². The van der Waals surface area contributed by atoms with Crippen LogP contribution >= 0.6 is 0 Å². The van der Waals surface area contributed by atoms with E-state index in [0.717, 1.165) is 51.0 Å². The van der Waals surface area contributed by atoms with Crippen molar-refractivity contribution in [2.24, 2.45) is 16.8 Å². The van der Waals surface area contributed by atoms with Crippen LogP contribution in [0.2, 0.25) is 0 Å². The Bertz CT molecular complexity index is 575. The summed E-state index contributed by atoms with van der Waals surface area (Å²) >= 11 is 0. The van der Waals surface area contributed by atoms with Crippen molar-refractivity contribution in [3.63, 3.8) is 0 Å². The minimum Gasteiger partial charge on any atom is -0.493 e. The monoisotopic (exact) mass is 391 g/mol. The van der Waals surface area contributed by atoms with E-state index >= 15 is 0 Å². The van der Waals surface area contributed by atoms with Crippen LogP contribution in [-0.4, -0.2) is 64.0 Å². The van der Waals surface area contributed by atoms with Gasteiger partial charge in [0.15, 0.2) is 5.96 Å².